The molecule has 6 heteroatoms. The van der Waals surface area contributed by atoms with Gasteiger partial charge in [-0.1, -0.05) is 12.1 Å². The van der Waals surface area contributed by atoms with E-state index < -0.39 is 0 Å². The molecule has 2 aromatic rings. The summed E-state index contributed by atoms with van der Waals surface area (Å²) in [5.41, 5.74) is 2.27. The minimum absolute atomic E-state index is 0.0268. The average molecular weight is 356 g/mol. The van der Waals surface area contributed by atoms with Crippen LogP contribution in [-0.4, -0.2) is 58.7 Å². The SMILES string of the molecule is CN(C)Cc1ccnc([C@H]2CCCN2Cc2cccc(OCCO)c2)n1. The summed E-state index contributed by atoms with van der Waals surface area (Å²) in [5, 5.41) is 8.91. The number of likely N-dealkylation sites (tertiary alicyclic amines) is 1. The van der Waals surface area contributed by atoms with Gasteiger partial charge in [0, 0.05) is 19.3 Å². The van der Waals surface area contributed by atoms with Gasteiger partial charge in [0.1, 0.15) is 18.2 Å². The fourth-order valence-electron chi connectivity index (χ4n) is 3.42. The molecule has 0 saturated carbocycles. The Labute approximate surface area is 155 Å². The maximum absolute atomic E-state index is 8.91. The number of rotatable bonds is 8. The van der Waals surface area contributed by atoms with Crippen molar-refractivity contribution in [2.45, 2.75) is 32.0 Å². The van der Waals surface area contributed by atoms with Gasteiger partial charge < -0.3 is 14.7 Å². The van der Waals surface area contributed by atoms with E-state index >= 15 is 0 Å². The molecule has 140 valence electrons. The summed E-state index contributed by atoms with van der Waals surface area (Å²) in [4.78, 5) is 13.9. The maximum Gasteiger partial charge on any atom is 0.145 e. The van der Waals surface area contributed by atoms with E-state index in [0.29, 0.717) is 6.61 Å². The summed E-state index contributed by atoms with van der Waals surface area (Å²) in [5.74, 6) is 1.73. The van der Waals surface area contributed by atoms with Crippen LogP contribution in [0.1, 0.15) is 36.0 Å². The lowest BCUT2D eigenvalue weighted by Crippen LogP contribution is -2.25. The summed E-state index contributed by atoms with van der Waals surface area (Å²) in [6.45, 7) is 3.07. The number of aromatic nitrogens is 2. The van der Waals surface area contributed by atoms with Crippen LogP contribution in [-0.2, 0) is 13.1 Å². The quantitative estimate of drug-likeness (QED) is 0.783. The van der Waals surface area contributed by atoms with Crippen LogP contribution in [0, 0.1) is 0 Å². The van der Waals surface area contributed by atoms with Gasteiger partial charge in [-0.3, -0.25) is 4.90 Å². The minimum Gasteiger partial charge on any atom is -0.491 e. The molecule has 6 nitrogen and oxygen atoms in total. The third kappa shape index (κ3) is 5.00. The monoisotopic (exact) mass is 356 g/mol. The van der Waals surface area contributed by atoms with Gasteiger partial charge in [0.05, 0.1) is 18.3 Å². The van der Waals surface area contributed by atoms with Gasteiger partial charge in [-0.25, -0.2) is 9.97 Å². The lowest BCUT2D eigenvalue weighted by atomic mass is 10.1. The molecule has 1 saturated heterocycles. The van der Waals surface area contributed by atoms with Gasteiger partial charge in [0.25, 0.3) is 0 Å². The van der Waals surface area contributed by atoms with E-state index in [-0.39, 0.29) is 12.6 Å². The molecule has 1 N–H and O–H groups in total. The highest BCUT2D eigenvalue weighted by atomic mass is 16.5. The van der Waals surface area contributed by atoms with Crippen molar-refractivity contribution in [1.82, 2.24) is 19.8 Å². The fourth-order valence-corrected chi connectivity index (χ4v) is 3.42. The number of nitrogens with zero attached hydrogens (tertiary/aromatic N) is 4. The molecule has 0 radical (unpaired) electrons. The molecule has 2 heterocycles. The molecule has 0 aliphatic carbocycles. The van der Waals surface area contributed by atoms with E-state index in [1.165, 1.54) is 5.56 Å². The standard InChI is InChI=1S/C20H28N4O2/c1-23(2)15-17-8-9-21-20(22-17)19-7-4-10-24(19)14-16-5-3-6-18(13-16)26-12-11-25/h3,5-6,8-9,13,19,25H,4,7,10-12,14-15H2,1-2H3/t19-/m1/s1. The Kier molecular flexibility index (Phi) is 6.55. The Bertz CT molecular complexity index is 708. The molecular weight excluding hydrogens is 328 g/mol. The number of ether oxygens (including phenoxy) is 1. The first-order chi connectivity index (χ1) is 12.7. The van der Waals surface area contributed by atoms with Crippen molar-refractivity contribution < 1.29 is 9.84 Å². The van der Waals surface area contributed by atoms with Crippen molar-refractivity contribution in [2.75, 3.05) is 33.9 Å². The summed E-state index contributed by atoms with van der Waals surface area (Å²) < 4.78 is 5.53. The minimum atomic E-state index is 0.0268. The lowest BCUT2D eigenvalue weighted by Gasteiger charge is -2.24. The summed E-state index contributed by atoms with van der Waals surface area (Å²) in [6, 6.07) is 10.3. The summed E-state index contributed by atoms with van der Waals surface area (Å²) >= 11 is 0. The van der Waals surface area contributed by atoms with Crippen molar-refractivity contribution in [2.24, 2.45) is 0 Å². The van der Waals surface area contributed by atoms with Gasteiger partial charge in [-0.15, -0.1) is 0 Å². The Balaban J connectivity index is 1.70. The number of benzene rings is 1. The molecular formula is C20H28N4O2. The second kappa shape index (κ2) is 9.07. The van der Waals surface area contributed by atoms with Crippen molar-refractivity contribution in [3.8, 4) is 5.75 Å². The predicted molar refractivity (Wildman–Crippen MR) is 101 cm³/mol. The Hall–Kier alpha value is -2.02. The van der Waals surface area contributed by atoms with Crippen molar-refractivity contribution in [1.29, 1.82) is 0 Å². The van der Waals surface area contributed by atoms with Crippen LogP contribution in [0.25, 0.3) is 0 Å². The van der Waals surface area contributed by atoms with E-state index in [9.17, 15) is 0 Å². The summed E-state index contributed by atoms with van der Waals surface area (Å²) in [6.07, 6.45) is 4.12. The molecule has 1 aliphatic heterocycles. The lowest BCUT2D eigenvalue weighted by molar-refractivity contribution is 0.200. The first-order valence-corrected chi connectivity index (χ1v) is 9.19. The smallest absolute Gasteiger partial charge is 0.145 e. The molecule has 1 aliphatic rings. The zero-order valence-corrected chi connectivity index (χ0v) is 15.6. The van der Waals surface area contributed by atoms with Gasteiger partial charge in [-0.2, -0.15) is 0 Å². The van der Waals surface area contributed by atoms with E-state index in [0.717, 1.165) is 49.7 Å². The van der Waals surface area contributed by atoms with E-state index in [1.54, 1.807) is 0 Å². The largest absolute Gasteiger partial charge is 0.491 e. The molecule has 1 aromatic carbocycles. The van der Waals surface area contributed by atoms with Gasteiger partial charge in [-0.05, 0) is 57.2 Å². The summed E-state index contributed by atoms with van der Waals surface area (Å²) in [7, 11) is 4.10. The zero-order valence-electron chi connectivity index (χ0n) is 15.6. The number of aliphatic hydroxyl groups excluding tert-OH is 1. The van der Waals surface area contributed by atoms with Crippen LogP contribution in [0.4, 0.5) is 0 Å². The molecule has 26 heavy (non-hydrogen) atoms. The molecule has 0 unspecified atom stereocenters. The predicted octanol–water partition coefficient (Wildman–Crippen LogP) is 2.25. The van der Waals surface area contributed by atoms with Gasteiger partial charge in [0.15, 0.2) is 0 Å². The zero-order chi connectivity index (χ0) is 18.4. The topological polar surface area (TPSA) is 61.7 Å². The third-order valence-electron chi connectivity index (χ3n) is 4.52. The Morgan fingerprint density at radius 1 is 1.31 bits per heavy atom. The molecule has 1 aromatic heterocycles. The van der Waals surface area contributed by atoms with Crippen LogP contribution in [0.2, 0.25) is 0 Å². The second-order valence-corrected chi connectivity index (χ2v) is 6.99. The molecule has 0 spiro atoms. The fraction of sp³-hybridized carbons (Fsp3) is 0.500. The molecule has 1 atom stereocenters. The average Bonchev–Trinajstić information content (AvgIpc) is 3.08. The number of aliphatic hydroxyl groups is 1. The number of hydrogen-bond donors (Lipinski definition) is 1. The highest BCUT2D eigenvalue weighted by Gasteiger charge is 2.28. The molecule has 3 rings (SSSR count). The van der Waals surface area contributed by atoms with E-state index in [4.69, 9.17) is 14.8 Å². The van der Waals surface area contributed by atoms with Crippen LogP contribution >= 0.6 is 0 Å². The highest BCUT2D eigenvalue weighted by Crippen LogP contribution is 2.31. The molecule has 0 amide bonds. The Morgan fingerprint density at radius 2 is 2.19 bits per heavy atom. The van der Waals surface area contributed by atoms with Crippen LogP contribution in [0.15, 0.2) is 36.5 Å². The Morgan fingerprint density at radius 3 is 3.00 bits per heavy atom. The van der Waals surface area contributed by atoms with Crippen LogP contribution in [0.3, 0.4) is 0 Å². The third-order valence-corrected chi connectivity index (χ3v) is 4.52. The number of hydrogen-bond acceptors (Lipinski definition) is 6. The van der Waals surface area contributed by atoms with Crippen molar-refractivity contribution in [3.05, 3.63) is 53.6 Å². The first-order valence-electron chi connectivity index (χ1n) is 9.19. The normalized spacial score (nSPS) is 17.8. The van der Waals surface area contributed by atoms with Crippen molar-refractivity contribution in [3.63, 3.8) is 0 Å². The first kappa shape index (κ1) is 18.8. The maximum atomic E-state index is 8.91. The van der Waals surface area contributed by atoms with Gasteiger partial charge >= 0.3 is 0 Å². The highest BCUT2D eigenvalue weighted by molar-refractivity contribution is 5.28. The van der Waals surface area contributed by atoms with Crippen LogP contribution in [0.5, 0.6) is 5.75 Å². The van der Waals surface area contributed by atoms with E-state index in [1.807, 2.05) is 30.5 Å². The van der Waals surface area contributed by atoms with Gasteiger partial charge in [0.2, 0.25) is 0 Å². The van der Waals surface area contributed by atoms with Crippen LogP contribution < -0.4 is 4.74 Å². The molecule has 1 fully saturated rings. The molecule has 0 bridgehead atoms. The van der Waals surface area contributed by atoms with E-state index in [2.05, 4.69) is 34.9 Å². The second-order valence-electron chi connectivity index (χ2n) is 6.99. The van der Waals surface area contributed by atoms with Crippen molar-refractivity contribution >= 4 is 0 Å².